The molecule has 1 atom stereocenters. The second kappa shape index (κ2) is 5.49. The van der Waals surface area contributed by atoms with E-state index in [-0.39, 0.29) is 18.2 Å². The molecule has 0 bridgehead atoms. The number of aryl methyl sites for hydroxylation is 1. The van der Waals surface area contributed by atoms with Crippen LogP contribution in [0.3, 0.4) is 0 Å². The molecule has 0 saturated carbocycles. The number of benzene rings is 2. The number of para-hydroxylation sites is 2. The average molecular weight is 320 g/mol. The minimum atomic E-state index is -0.585. The van der Waals surface area contributed by atoms with Crippen LogP contribution >= 0.6 is 0 Å². The normalized spacial score (nSPS) is 16.0. The zero-order valence-electron chi connectivity index (χ0n) is 13.1. The summed E-state index contributed by atoms with van der Waals surface area (Å²) in [5.41, 5.74) is 3.49. The van der Waals surface area contributed by atoms with Gasteiger partial charge in [0.25, 0.3) is 0 Å². The van der Waals surface area contributed by atoms with Gasteiger partial charge in [-0.05, 0) is 31.2 Å². The van der Waals surface area contributed by atoms with Gasteiger partial charge in [0.2, 0.25) is 17.8 Å². The first-order chi connectivity index (χ1) is 11.6. The molecule has 0 aliphatic carbocycles. The van der Waals surface area contributed by atoms with E-state index in [9.17, 15) is 9.59 Å². The first-order valence-electron chi connectivity index (χ1n) is 7.76. The summed E-state index contributed by atoms with van der Waals surface area (Å²) < 4.78 is 1.80. The molecule has 6 heteroatoms. The zero-order valence-corrected chi connectivity index (χ0v) is 13.1. The number of carbonyl (C=O) groups is 2. The molecule has 24 heavy (non-hydrogen) atoms. The van der Waals surface area contributed by atoms with E-state index < -0.39 is 6.04 Å². The van der Waals surface area contributed by atoms with Gasteiger partial charge < -0.3 is 5.32 Å². The SMILES string of the molecule is Cc1ccc(NC(=O)CC2C(=O)Nc3nc4ccccc4n32)cc1. The average Bonchev–Trinajstić information content (AvgIpc) is 3.06. The van der Waals surface area contributed by atoms with E-state index in [0.29, 0.717) is 5.95 Å². The summed E-state index contributed by atoms with van der Waals surface area (Å²) in [4.78, 5) is 29.0. The van der Waals surface area contributed by atoms with Crippen LogP contribution in [0.1, 0.15) is 18.0 Å². The largest absolute Gasteiger partial charge is 0.326 e. The van der Waals surface area contributed by atoms with Crippen molar-refractivity contribution < 1.29 is 9.59 Å². The number of nitrogens with one attached hydrogen (secondary N) is 2. The molecule has 1 aromatic heterocycles. The summed E-state index contributed by atoms with van der Waals surface area (Å²) in [7, 11) is 0. The molecule has 3 aromatic rings. The summed E-state index contributed by atoms with van der Waals surface area (Å²) in [6, 6.07) is 14.5. The number of rotatable bonds is 3. The third-order valence-corrected chi connectivity index (χ3v) is 4.16. The Morgan fingerprint density at radius 1 is 1.21 bits per heavy atom. The number of hydrogen-bond donors (Lipinski definition) is 2. The van der Waals surface area contributed by atoms with Crippen LogP contribution in [0.15, 0.2) is 48.5 Å². The Kier molecular flexibility index (Phi) is 3.30. The van der Waals surface area contributed by atoms with Gasteiger partial charge in [-0.2, -0.15) is 0 Å². The fraction of sp³-hybridized carbons (Fsp3) is 0.167. The Morgan fingerprint density at radius 3 is 2.75 bits per heavy atom. The van der Waals surface area contributed by atoms with Crippen LogP contribution in [0.4, 0.5) is 11.6 Å². The van der Waals surface area contributed by atoms with Crippen LogP contribution in [0.25, 0.3) is 11.0 Å². The van der Waals surface area contributed by atoms with Crippen molar-refractivity contribution in [2.45, 2.75) is 19.4 Å². The van der Waals surface area contributed by atoms with E-state index in [0.717, 1.165) is 22.3 Å². The van der Waals surface area contributed by atoms with Gasteiger partial charge in [-0.15, -0.1) is 0 Å². The molecule has 1 unspecified atom stereocenters. The summed E-state index contributed by atoms with van der Waals surface area (Å²) in [5, 5.41) is 5.58. The van der Waals surface area contributed by atoms with Crippen LogP contribution in [-0.2, 0) is 9.59 Å². The van der Waals surface area contributed by atoms with Gasteiger partial charge in [0.05, 0.1) is 17.5 Å². The van der Waals surface area contributed by atoms with Crippen LogP contribution in [0.5, 0.6) is 0 Å². The van der Waals surface area contributed by atoms with Crippen LogP contribution in [0.2, 0.25) is 0 Å². The summed E-state index contributed by atoms with van der Waals surface area (Å²) in [5.74, 6) is 0.0845. The molecule has 2 heterocycles. The molecule has 1 aliphatic heterocycles. The van der Waals surface area contributed by atoms with E-state index in [1.165, 1.54) is 0 Å². The smallest absolute Gasteiger partial charge is 0.250 e. The zero-order chi connectivity index (χ0) is 16.7. The maximum atomic E-state index is 12.3. The second-order valence-electron chi connectivity index (χ2n) is 5.92. The van der Waals surface area contributed by atoms with Gasteiger partial charge >= 0.3 is 0 Å². The van der Waals surface area contributed by atoms with Crippen molar-refractivity contribution in [3.05, 3.63) is 54.1 Å². The lowest BCUT2D eigenvalue weighted by Gasteiger charge is -2.12. The quantitative estimate of drug-likeness (QED) is 0.779. The number of fused-ring (bicyclic) bond motifs is 3. The fourth-order valence-corrected chi connectivity index (χ4v) is 2.97. The van der Waals surface area contributed by atoms with Gasteiger partial charge in [-0.3, -0.25) is 19.5 Å². The van der Waals surface area contributed by atoms with Crippen molar-refractivity contribution in [1.82, 2.24) is 9.55 Å². The Bertz CT molecular complexity index is 943. The Balaban J connectivity index is 1.58. The number of amides is 2. The standard InChI is InChI=1S/C18H16N4O2/c1-11-6-8-12(9-7-11)19-16(23)10-15-17(24)21-18-20-13-4-2-3-5-14(13)22(15)18/h2-9,15H,10H2,1H3,(H,19,23)(H,20,21,24). The molecule has 0 radical (unpaired) electrons. The van der Waals surface area contributed by atoms with Crippen molar-refractivity contribution in [1.29, 1.82) is 0 Å². The van der Waals surface area contributed by atoms with Gasteiger partial charge in [-0.1, -0.05) is 29.8 Å². The van der Waals surface area contributed by atoms with Crippen LogP contribution < -0.4 is 10.6 Å². The van der Waals surface area contributed by atoms with Crippen molar-refractivity contribution in [2.75, 3.05) is 10.6 Å². The third kappa shape index (κ3) is 2.42. The molecule has 1 aliphatic rings. The highest BCUT2D eigenvalue weighted by atomic mass is 16.2. The number of imidazole rings is 1. The lowest BCUT2D eigenvalue weighted by molar-refractivity contribution is -0.123. The van der Waals surface area contributed by atoms with Crippen LogP contribution in [0, 0.1) is 6.92 Å². The molecule has 120 valence electrons. The number of nitrogens with zero attached hydrogens (tertiary/aromatic N) is 2. The first-order valence-corrected chi connectivity index (χ1v) is 7.76. The number of carbonyl (C=O) groups excluding carboxylic acids is 2. The predicted molar refractivity (Wildman–Crippen MR) is 91.8 cm³/mol. The van der Waals surface area contributed by atoms with Gasteiger partial charge in [0.15, 0.2) is 0 Å². The highest BCUT2D eigenvalue weighted by molar-refractivity contribution is 6.03. The van der Waals surface area contributed by atoms with Crippen molar-refractivity contribution in [3.63, 3.8) is 0 Å². The first kappa shape index (κ1) is 14.4. The summed E-state index contributed by atoms with van der Waals surface area (Å²) >= 11 is 0. The van der Waals surface area contributed by atoms with E-state index >= 15 is 0 Å². The lowest BCUT2D eigenvalue weighted by atomic mass is 10.1. The van der Waals surface area contributed by atoms with E-state index in [4.69, 9.17) is 0 Å². The van der Waals surface area contributed by atoms with Crippen molar-refractivity contribution >= 4 is 34.5 Å². The highest BCUT2D eigenvalue weighted by Crippen LogP contribution is 2.32. The second-order valence-corrected chi connectivity index (χ2v) is 5.92. The third-order valence-electron chi connectivity index (χ3n) is 4.16. The van der Waals surface area contributed by atoms with Gasteiger partial charge in [-0.25, -0.2) is 4.98 Å². The maximum Gasteiger partial charge on any atom is 0.250 e. The monoisotopic (exact) mass is 320 g/mol. The molecule has 2 aromatic carbocycles. The number of hydrogen-bond acceptors (Lipinski definition) is 3. The Hall–Kier alpha value is -3.15. The molecule has 2 N–H and O–H groups in total. The lowest BCUT2D eigenvalue weighted by Crippen LogP contribution is -2.23. The molecule has 4 rings (SSSR count). The maximum absolute atomic E-state index is 12.3. The Morgan fingerprint density at radius 2 is 1.96 bits per heavy atom. The predicted octanol–water partition coefficient (Wildman–Crippen LogP) is 2.87. The number of aromatic nitrogens is 2. The summed E-state index contributed by atoms with van der Waals surface area (Å²) in [6.07, 6.45) is 0.0626. The van der Waals surface area contributed by atoms with E-state index in [1.54, 1.807) is 4.57 Å². The minimum absolute atomic E-state index is 0.0626. The number of anilines is 2. The van der Waals surface area contributed by atoms with E-state index in [2.05, 4.69) is 15.6 Å². The molecule has 0 saturated heterocycles. The summed E-state index contributed by atoms with van der Waals surface area (Å²) in [6.45, 7) is 1.99. The molecular formula is C18H16N4O2. The Labute approximate surface area is 138 Å². The topological polar surface area (TPSA) is 76.0 Å². The van der Waals surface area contributed by atoms with Gasteiger partial charge in [0, 0.05) is 5.69 Å². The molecule has 6 nitrogen and oxygen atoms in total. The van der Waals surface area contributed by atoms with Gasteiger partial charge in [0.1, 0.15) is 6.04 Å². The fourth-order valence-electron chi connectivity index (χ4n) is 2.97. The highest BCUT2D eigenvalue weighted by Gasteiger charge is 2.34. The molecule has 0 spiro atoms. The molecule has 2 amide bonds. The van der Waals surface area contributed by atoms with Crippen LogP contribution in [-0.4, -0.2) is 21.4 Å². The molecular weight excluding hydrogens is 304 g/mol. The van der Waals surface area contributed by atoms with E-state index in [1.807, 2.05) is 55.5 Å². The minimum Gasteiger partial charge on any atom is -0.326 e. The molecule has 0 fully saturated rings. The van der Waals surface area contributed by atoms with Crippen molar-refractivity contribution in [2.24, 2.45) is 0 Å². The van der Waals surface area contributed by atoms with Crippen molar-refractivity contribution in [3.8, 4) is 0 Å².